The molecule has 4 aromatic carbocycles. The van der Waals surface area contributed by atoms with Gasteiger partial charge in [-0.3, -0.25) is 4.99 Å². The van der Waals surface area contributed by atoms with Crippen molar-refractivity contribution in [1.82, 2.24) is 0 Å². The number of amidine groups is 1. The van der Waals surface area contributed by atoms with E-state index in [4.69, 9.17) is 5.73 Å². The van der Waals surface area contributed by atoms with E-state index in [-0.39, 0.29) is 0 Å². The minimum absolute atomic E-state index is 0.324. The van der Waals surface area contributed by atoms with Gasteiger partial charge in [0.25, 0.3) is 0 Å². The quantitative estimate of drug-likeness (QED) is 0.0682. The average Bonchev–Trinajstić information content (AvgIpc) is 3.33. The number of allylic oxidation sites excluding steroid dienone is 14. The lowest BCUT2D eigenvalue weighted by Gasteiger charge is -2.18. The summed E-state index contributed by atoms with van der Waals surface area (Å²) in [7, 11) is 1.64. The van der Waals surface area contributed by atoms with Crippen LogP contribution in [0.25, 0.3) is 33.9 Å². The Morgan fingerprint density at radius 2 is 1.49 bits per heavy atom. The molecule has 1 aliphatic rings. The summed E-state index contributed by atoms with van der Waals surface area (Å²) in [6, 6.07) is 34.3. The SMILES string of the molecule is C=C/C(=C\C(=C/C)c1cccc(CCC)c1C=C)C/C=C\C=C(/C=C)c1cccc(-c2cccc(C3=CC=CC(CN=C(N)/C(C)=C/C)C3)c2)c1.C=NC.CC.Cc1ccccc1. The maximum absolute atomic E-state index is 6.15. The van der Waals surface area contributed by atoms with Crippen LogP contribution in [-0.4, -0.2) is 26.1 Å². The van der Waals surface area contributed by atoms with E-state index < -0.39 is 0 Å². The molecule has 1 unspecified atom stereocenters. The number of aryl methyl sites for hydroxylation is 2. The van der Waals surface area contributed by atoms with Gasteiger partial charge in [0.05, 0.1) is 0 Å². The Bertz CT molecular complexity index is 2320. The number of rotatable bonds is 16. The predicted molar refractivity (Wildman–Crippen MR) is 285 cm³/mol. The molecule has 0 bridgehead atoms. The van der Waals surface area contributed by atoms with Crippen molar-refractivity contribution in [3.05, 3.63) is 228 Å². The van der Waals surface area contributed by atoms with Crippen molar-refractivity contribution >= 4 is 35.3 Å². The van der Waals surface area contributed by atoms with Crippen LogP contribution in [0, 0.1) is 12.8 Å². The molecule has 0 amide bonds. The predicted octanol–water partition coefficient (Wildman–Crippen LogP) is 16.3. The van der Waals surface area contributed by atoms with Gasteiger partial charge < -0.3 is 10.7 Å². The van der Waals surface area contributed by atoms with Crippen LogP contribution in [-0.2, 0) is 6.42 Å². The molecule has 0 spiro atoms. The van der Waals surface area contributed by atoms with Crippen LogP contribution in [0.4, 0.5) is 0 Å². The molecule has 3 nitrogen and oxygen atoms in total. The van der Waals surface area contributed by atoms with Crippen molar-refractivity contribution in [1.29, 1.82) is 0 Å². The Morgan fingerprint density at radius 3 is 2.10 bits per heavy atom. The average molecular weight is 836 g/mol. The van der Waals surface area contributed by atoms with Crippen molar-refractivity contribution in [2.24, 2.45) is 21.6 Å². The fourth-order valence-electron chi connectivity index (χ4n) is 6.85. The van der Waals surface area contributed by atoms with Crippen LogP contribution in [0.15, 0.2) is 205 Å². The van der Waals surface area contributed by atoms with E-state index >= 15 is 0 Å². The first-order valence-electron chi connectivity index (χ1n) is 22.3. The Kier molecular flexibility index (Phi) is 25.4. The Hall–Kier alpha value is -6.58. The van der Waals surface area contributed by atoms with E-state index in [1.165, 1.54) is 50.1 Å². The van der Waals surface area contributed by atoms with Gasteiger partial charge in [-0.25, -0.2) is 0 Å². The van der Waals surface area contributed by atoms with E-state index in [0.717, 1.165) is 48.0 Å². The fourth-order valence-corrected chi connectivity index (χ4v) is 6.85. The van der Waals surface area contributed by atoms with Gasteiger partial charge >= 0.3 is 0 Å². The van der Waals surface area contributed by atoms with E-state index in [9.17, 15) is 0 Å². The third-order valence-corrected chi connectivity index (χ3v) is 10.3. The molecule has 1 aliphatic carbocycles. The van der Waals surface area contributed by atoms with Crippen LogP contribution in [0.5, 0.6) is 0 Å². The molecule has 0 radical (unpaired) electrons. The van der Waals surface area contributed by atoms with E-state index in [0.29, 0.717) is 18.3 Å². The third-order valence-electron chi connectivity index (χ3n) is 10.3. The molecule has 0 saturated heterocycles. The molecular weight excluding hydrogens is 763 g/mol. The van der Waals surface area contributed by atoms with Crippen LogP contribution in [0.3, 0.4) is 0 Å². The highest BCUT2D eigenvalue weighted by Gasteiger charge is 2.14. The standard InChI is InChI=1S/C49H54N2.C7H8.C2H5N.C2H6/c1-8-20-41-24-19-30-48(47(41)13-6)40(12-5)31-37(10-3)21-14-15-23-39(11-4)43-26-17-28-45(33-43)46-29-18-27-44(34-46)42-25-16-22-38(32-42)35-51-49(50)36(7)9-2;1-7-5-3-2-4-6-7;1-3-2;1-2/h9-19,22-31,33-34,38H,3-4,6,8,20-21,32,35H2,1-2,5,7H3,(H2,50,51);2-6H,1H3;1H2,2H3;1-2H3/b15-14-,36-9+,37-31+,39-23+,40-12+;;;. The summed E-state index contributed by atoms with van der Waals surface area (Å²) in [5.74, 6) is 0.945. The lowest BCUT2D eigenvalue weighted by Crippen LogP contribution is -2.16. The van der Waals surface area contributed by atoms with Crippen molar-refractivity contribution < 1.29 is 0 Å². The number of benzene rings is 4. The number of hydrogen-bond acceptors (Lipinski definition) is 2. The highest BCUT2D eigenvalue weighted by atomic mass is 14.9. The summed E-state index contributed by atoms with van der Waals surface area (Å²) < 4.78 is 0. The van der Waals surface area contributed by atoms with Gasteiger partial charge in [0.2, 0.25) is 0 Å². The number of aliphatic imine (C=N–C) groups is 2. The summed E-state index contributed by atoms with van der Waals surface area (Å²) in [5, 5.41) is 0. The van der Waals surface area contributed by atoms with Gasteiger partial charge in [-0.2, -0.15) is 0 Å². The molecule has 328 valence electrons. The number of nitrogens with zero attached hydrogens (tertiary/aromatic N) is 2. The van der Waals surface area contributed by atoms with Crippen molar-refractivity contribution in [2.45, 2.75) is 74.1 Å². The summed E-state index contributed by atoms with van der Waals surface area (Å²) in [6.45, 7) is 30.5. The second kappa shape index (κ2) is 30.4. The Labute approximate surface area is 382 Å². The van der Waals surface area contributed by atoms with Crippen LogP contribution in [0.1, 0.15) is 94.2 Å². The molecule has 0 aromatic heterocycles. The Morgan fingerprint density at radius 1 is 0.825 bits per heavy atom. The monoisotopic (exact) mass is 836 g/mol. The summed E-state index contributed by atoms with van der Waals surface area (Å²) in [4.78, 5) is 7.89. The normalized spacial score (nSPS) is 14.2. The van der Waals surface area contributed by atoms with Crippen molar-refractivity contribution in [3.63, 3.8) is 0 Å². The van der Waals surface area contributed by atoms with Gasteiger partial charge in [0, 0.05) is 19.5 Å². The molecule has 0 saturated carbocycles. The van der Waals surface area contributed by atoms with Gasteiger partial charge in [-0.1, -0.05) is 210 Å². The molecule has 0 heterocycles. The highest BCUT2D eigenvalue weighted by molar-refractivity contribution is 5.96. The molecule has 2 N–H and O–H groups in total. The number of hydrogen-bond donors (Lipinski definition) is 1. The lowest BCUT2D eigenvalue weighted by molar-refractivity contribution is 0.679. The first kappa shape index (κ1) is 52.6. The fraction of sp³-hybridized carbons (Fsp3) is 0.233. The molecule has 1 atom stereocenters. The second-order valence-corrected chi connectivity index (χ2v) is 14.8. The molecular formula is C60H73N3. The molecule has 4 aromatic rings. The third kappa shape index (κ3) is 17.7. The maximum Gasteiger partial charge on any atom is 0.120 e. The summed E-state index contributed by atoms with van der Waals surface area (Å²) in [5.41, 5.74) is 21.7. The molecule has 0 aliphatic heterocycles. The second-order valence-electron chi connectivity index (χ2n) is 14.8. The zero-order valence-electron chi connectivity index (χ0n) is 39.6. The molecule has 3 heteroatoms. The highest BCUT2D eigenvalue weighted by Crippen LogP contribution is 2.32. The van der Waals surface area contributed by atoms with E-state index in [2.05, 4.69) is 185 Å². The zero-order chi connectivity index (χ0) is 46.4. The lowest BCUT2D eigenvalue weighted by atomic mass is 9.88. The summed E-state index contributed by atoms with van der Waals surface area (Å²) >= 11 is 0. The van der Waals surface area contributed by atoms with Crippen LogP contribution in [0.2, 0.25) is 0 Å². The zero-order valence-corrected chi connectivity index (χ0v) is 39.6. The van der Waals surface area contributed by atoms with Gasteiger partial charge in [0.15, 0.2) is 0 Å². The number of nitrogens with two attached hydrogens (primary N) is 1. The first-order chi connectivity index (χ1) is 30.7. The van der Waals surface area contributed by atoms with Crippen LogP contribution >= 0.6 is 0 Å². The van der Waals surface area contributed by atoms with Gasteiger partial charge in [0.1, 0.15) is 5.84 Å². The maximum atomic E-state index is 6.15. The first-order valence-corrected chi connectivity index (χ1v) is 22.3. The van der Waals surface area contributed by atoms with Crippen LogP contribution < -0.4 is 5.73 Å². The van der Waals surface area contributed by atoms with Gasteiger partial charge in [-0.05, 0) is 133 Å². The van der Waals surface area contributed by atoms with Gasteiger partial charge in [-0.15, -0.1) is 0 Å². The largest absolute Gasteiger partial charge is 0.384 e. The summed E-state index contributed by atoms with van der Waals surface area (Å²) in [6.07, 6.45) is 29.2. The van der Waals surface area contributed by atoms with Crippen molar-refractivity contribution in [3.8, 4) is 11.1 Å². The van der Waals surface area contributed by atoms with E-state index in [1.807, 2.05) is 70.2 Å². The minimum Gasteiger partial charge on any atom is -0.384 e. The Balaban J connectivity index is 0.000000997. The minimum atomic E-state index is 0.324. The molecule has 0 fully saturated rings. The molecule has 63 heavy (non-hydrogen) atoms. The van der Waals surface area contributed by atoms with E-state index in [1.54, 1.807) is 7.05 Å². The molecule has 5 rings (SSSR count). The topological polar surface area (TPSA) is 50.7 Å². The smallest absolute Gasteiger partial charge is 0.120 e. The van der Waals surface area contributed by atoms with Crippen molar-refractivity contribution in [2.75, 3.05) is 13.6 Å².